The van der Waals surface area contributed by atoms with Gasteiger partial charge in [-0.25, -0.2) is 4.68 Å². The Hall–Kier alpha value is -2.63. The lowest BCUT2D eigenvalue weighted by molar-refractivity contribution is -0.160. The minimum atomic E-state index is -0.320. The van der Waals surface area contributed by atoms with E-state index in [1.807, 2.05) is 46.1 Å². The fourth-order valence-electron chi connectivity index (χ4n) is 7.44. The lowest BCUT2D eigenvalue weighted by atomic mass is 9.49. The molecule has 0 unspecified atom stereocenters. The van der Waals surface area contributed by atoms with Crippen molar-refractivity contribution in [3.63, 3.8) is 0 Å². The molecule has 0 spiro atoms. The fraction of sp³-hybridized carbons (Fsp3) is 0.577. The predicted octanol–water partition coefficient (Wildman–Crippen LogP) is 3.70. The van der Waals surface area contributed by atoms with E-state index < -0.39 is 0 Å². The van der Waals surface area contributed by atoms with Gasteiger partial charge in [0.25, 0.3) is 0 Å². The van der Waals surface area contributed by atoms with Gasteiger partial charge in [0.15, 0.2) is 0 Å². The average molecular weight is 433 g/mol. The first-order valence-electron chi connectivity index (χ1n) is 12.3. The number of hydrogen-bond acceptors (Lipinski definition) is 3. The van der Waals surface area contributed by atoms with E-state index in [4.69, 9.17) is 0 Å². The van der Waals surface area contributed by atoms with Gasteiger partial charge in [-0.15, -0.1) is 0 Å². The van der Waals surface area contributed by atoms with Gasteiger partial charge in [-0.1, -0.05) is 18.2 Å². The summed E-state index contributed by atoms with van der Waals surface area (Å²) in [5.74, 6) is 2.47. The van der Waals surface area contributed by atoms with Crippen molar-refractivity contribution in [2.45, 2.75) is 64.0 Å². The minimum Gasteiger partial charge on any atom is -0.350 e. The summed E-state index contributed by atoms with van der Waals surface area (Å²) in [7, 11) is 0. The summed E-state index contributed by atoms with van der Waals surface area (Å²) in [5.41, 5.74) is 1.78. The van der Waals surface area contributed by atoms with Crippen molar-refractivity contribution in [2.75, 3.05) is 6.54 Å². The Balaban J connectivity index is 1.11. The summed E-state index contributed by atoms with van der Waals surface area (Å²) in [6.07, 6.45) is 12.6. The Labute approximate surface area is 189 Å². The predicted molar refractivity (Wildman–Crippen MR) is 121 cm³/mol. The molecule has 1 aromatic heterocycles. The topological polar surface area (TPSA) is 67.2 Å². The van der Waals surface area contributed by atoms with Gasteiger partial charge in [-0.05, 0) is 81.3 Å². The summed E-state index contributed by atoms with van der Waals surface area (Å²) < 4.78 is 1.82. The molecule has 1 atom stereocenters. The van der Waals surface area contributed by atoms with Crippen molar-refractivity contribution in [1.82, 2.24) is 20.0 Å². The van der Waals surface area contributed by atoms with Crippen LogP contribution in [0, 0.1) is 23.2 Å². The number of rotatable bonds is 5. The Morgan fingerprint density at radius 2 is 1.72 bits per heavy atom. The SMILES string of the molecule is O=C(NCc1cnn(-c2ccccc2)c1)[C@H]1CCCN1C(=O)C12CC3CC(CC(C3)C1)C2. The number of para-hydroxylation sites is 1. The molecular formula is C26H32N4O2. The molecule has 1 N–H and O–H groups in total. The summed E-state index contributed by atoms with van der Waals surface area (Å²) in [6, 6.07) is 9.62. The first kappa shape index (κ1) is 20.0. The molecule has 4 bridgehead atoms. The van der Waals surface area contributed by atoms with E-state index in [1.165, 1.54) is 19.3 Å². The van der Waals surface area contributed by atoms with Gasteiger partial charge in [0.1, 0.15) is 6.04 Å². The largest absolute Gasteiger partial charge is 0.350 e. The van der Waals surface area contributed by atoms with Crippen LogP contribution in [0.4, 0.5) is 0 Å². The van der Waals surface area contributed by atoms with Crippen molar-refractivity contribution in [2.24, 2.45) is 23.2 Å². The van der Waals surface area contributed by atoms with E-state index in [-0.39, 0.29) is 23.3 Å². The highest BCUT2D eigenvalue weighted by Gasteiger charge is 2.56. The number of nitrogens with zero attached hydrogens (tertiary/aromatic N) is 3. The maximum absolute atomic E-state index is 13.8. The molecule has 2 amide bonds. The van der Waals surface area contributed by atoms with Crippen molar-refractivity contribution in [1.29, 1.82) is 0 Å². The first-order chi connectivity index (χ1) is 15.6. The first-order valence-corrected chi connectivity index (χ1v) is 12.3. The zero-order chi connectivity index (χ0) is 21.7. The van der Waals surface area contributed by atoms with Crippen LogP contribution in [-0.4, -0.2) is 39.1 Å². The number of aromatic nitrogens is 2. The quantitative estimate of drug-likeness (QED) is 0.784. The molecule has 5 fully saturated rings. The molecule has 6 nitrogen and oxygen atoms in total. The Kier molecular flexibility index (Phi) is 4.85. The monoisotopic (exact) mass is 432 g/mol. The molecule has 1 saturated heterocycles. The second-order valence-corrected chi connectivity index (χ2v) is 10.7. The molecule has 0 radical (unpaired) electrons. The Morgan fingerprint density at radius 3 is 2.41 bits per heavy atom. The van der Waals surface area contributed by atoms with Crippen LogP contribution in [0.2, 0.25) is 0 Å². The molecule has 4 aliphatic carbocycles. The molecule has 6 heteroatoms. The molecule has 168 valence electrons. The Bertz CT molecular complexity index is 979. The zero-order valence-electron chi connectivity index (χ0n) is 18.6. The van der Waals surface area contributed by atoms with E-state index in [0.717, 1.165) is 67.7 Å². The summed E-state index contributed by atoms with van der Waals surface area (Å²) in [4.78, 5) is 28.8. The van der Waals surface area contributed by atoms with Crippen LogP contribution in [-0.2, 0) is 16.1 Å². The lowest BCUT2D eigenvalue weighted by Gasteiger charge is -2.56. The van der Waals surface area contributed by atoms with Gasteiger partial charge >= 0.3 is 0 Å². The smallest absolute Gasteiger partial charge is 0.243 e. The second-order valence-electron chi connectivity index (χ2n) is 10.7. The van der Waals surface area contributed by atoms with Crippen LogP contribution in [0.25, 0.3) is 5.69 Å². The van der Waals surface area contributed by atoms with E-state index in [0.29, 0.717) is 6.54 Å². The van der Waals surface area contributed by atoms with Gasteiger partial charge in [0.2, 0.25) is 11.8 Å². The molecule has 5 aliphatic rings. The third-order valence-electron chi connectivity index (χ3n) is 8.43. The molecule has 7 rings (SSSR count). The van der Waals surface area contributed by atoms with E-state index in [2.05, 4.69) is 10.4 Å². The summed E-state index contributed by atoms with van der Waals surface area (Å²) in [6.45, 7) is 1.16. The molecule has 2 heterocycles. The molecule has 4 saturated carbocycles. The van der Waals surface area contributed by atoms with Gasteiger partial charge < -0.3 is 10.2 Å². The molecule has 1 aromatic carbocycles. The number of carbonyl (C=O) groups excluding carboxylic acids is 2. The average Bonchev–Trinajstić information content (AvgIpc) is 3.47. The number of hydrogen-bond donors (Lipinski definition) is 1. The van der Waals surface area contributed by atoms with Crippen LogP contribution >= 0.6 is 0 Å². The zero-order valence-corrected chi connectivity index (χ0v) is 18.6. The molecule has 1 aliphatic heterocycles. The Morgan fingerprint density at radius 1 is 1.03 bits per heavy atom. The van der Waals surface area contributed by atoms with Gasteiger partial charge in [-0.3, -0.25) is 9.59 Å². The third kappa shape index (κ3) is 3.44. The third-order valence-corrected chi connectivity index (χ3v) is 8.43. The highest BCUT2D eigenvalue weighted by atomic mass is 16.2. The van der Waals surface area contributed by atoms with Crippen molar-refractivity contribution < 1.29 is 9.59 Å². The normalized spacial score (nSPS) is 32.9. The number of benzene rings is 1. The molecule has 2 aromatic rings. The summed E-state index contributed by atoms with van der Waals surface area (Å²) >= 11 is 0. The molecular weight excluding hydrogens is 400 g/mol. The van der Waals surface area contributed by atoms with Crippen LogP contribution in [0.1, 0.15) is 56.9 Å². The number of carbonyl (C=O) groups is 2. The number of amides is 2. The highest BCUT2D eigenvalue weighted by molar-refractivity contribution is 5.91. The number of likely N-dealkylation sites (tertiary alicyclic amines) is 1. The minimum absolute atomic E-state index is 0.0203. The maximum Gasteiger partial charge on any atom is 0.243 e. The summed E-state index contributed by atoms with van der Waals surface area (Å²) in [5, 5.41) is 7.49. The van der Waals surface area contributed by atoms with E-state index in [1.54, 1.807) is 6.20 Å². The van der Waals surface area contributed by atoms with Crippen LogP contribution < -0.4 is 5.32 Å². The lowest BCUT2D eigenvalue weighted by Crippen LogP contribution is -2.57. The van der Waals surface area contributed by atoms with Crippen molar-refractivity contribution in [3.8, 4) is 5.69 Å². The number of nitrogens with one attached hydrogen (secondary N) is 1. The standard InChI is InChI=1S/C26H32N4O2/c31-24(27-15-21-16-28-30(17-21)22-5-2-1-3-6-22)23-7-4-8-29(23)25(32)26-12-18-9-19(13-26)11-20(10-18)14-26/h1-3,5-6,16-20,23H,4,7-15H2,(H,27,31)/t18?,19?,20?,23-,26?/m1/s1. The van der Waals surface area contributed by atoms with Crippen LogP contribution in [0.3, 0.4) is 0 Å². The second kappa shape index (κ2) is 7.75. The van der Waals surface area contributed by atoms with E-state index >= 15 is 0 Å². The van der Waals surface area contributed by atoms with E-state index in [9.17, 15) is 9.59 Å². The maximum atomic E-state index is 13.8. The van der Waals surface area contributed by atoms with Crippen LogP contribution in [0.5, 0.6) is 0 Å². The van der Waals surface area contributed by atoms with Gasteiger partial charge in [0.05, 0.1) is 17.3 Å². The molecule has 32 heavy (non-hydrogen) atoms. The fourth-order valence-corrected chi connectivity index (χ4v) is 7.44. The van der Waals surface area contributed by atoms with Crippen molar-refractivity contribution >= 4 is 11.8 Å². The van der Waals surface area contributed by atoms with Gasteiger partial charge in [-0.2, -0.15) is 5.10 Å². The van der Waals surface area contributed by atoms with Gasteiger partial charge in [0, 0.05) is 24.8 Å². The van der Waals surface area contributed by atoms with Crippen LogP contribution in [0.15, 0.2) is 42.7 Å². The van der Waals surface area contributed by atoms with Crippen molar-refractivity contribution in [3.05, 3.63) is 48.3 Å². The highest BCUT2D eigenvalue weighted by Crippen LogP contribution is 2.60.